The van der Waals surface area contributed by atoms with E-state index in [9.17, 15) is 14.4 Å². The van der Waals surface area contributed by atoms with Gasteiger partial charge in [0.1, 0.15) is 0 Å². The van der Waals surface area contributed by atoms with Crippen LogP contribution in [0.1, 0.15) is 89.4 Å². The first kappa shape index (κ1) is 32.5. The Hall–Kier alpha value is -4.91. The molecule has 7 heteroatoms. The van der Waals surface area contributed by atoms with Crippen molar-refractivity contribution in [2.45, 2.75) is 63.3 Å². The van der Waals surface area contributed by atoms with Crippen molar-refractivity contribution in [2.75, 3.05) is 18.0 Å². The molecular weight excluding hydrogens is 574 g/mol. The fourth-order valence-electron chi connectivity index (χ4n) is 6.29. The van der Waals surface area contributed by atoms with Crippen LogP contribution >= 0.6 is 0 Å². The maximum absolute atomic E-state index is 13.8. The Bertz CT molecular complexity index is 1510. The third-order valence-corrected chi connectivity index (χ3v) is 8.82. The van der Waals surface area contributed by atoms with Gasteiger partial charge in [-0.15, -0.1) is 0 Å². The van der Waals surface area contributed by atoms with Gasteiger partial charge < -0.3 is 15.7 Å². The quantitative estimate of drug-likeness (QED) is 0.142. The molecule has 1 saturated carbocycles. The van der Waals surface area contributed by atoms with E-state index in [1.165, 1.54) is 48.8 Å². The van der Waals surface area contributed by atoms with Crippen LogP contribution in [0.25, 0.3) is 0 Å². The van der Waals surface area contributed by atoms with Crippen LogP contribution in [0.3, 0.4) is 0 Å². The summed E-state index contributed by atoms with van der Waals surface area (Å²) in [7, 11) is 0. The SMILES string of the molecule is O=C(O)CCNC(=O)c1ccc(N(Cc2ccc(C3CCCCC3)cc2)C(=O)NCCC(c2ccccc2)c2ccccc2)cc1. The summed E-state index contributed by atoms with van der Waals surface area (Å²) in [4.78, 5) is 38.9. The minimum atomic E-state index is -0.970. The van der Waals surface area contributed by atoms with Crippen LogP contribution in [0.15, 0.2) is 109 Å². The van der Waals surface area contributed by atoms with E-state index in [4.69, 9.17) is 5.11 Å². The molecule has 4 aromatic carbocycles. The van der Waals surface area contributed by atoms with Gasteiger partial charge in [0.2, 0.25) is 0 Å². The van der Waals surface area contributed by atoms with Crippen LogP contribution in [0.5, 0.6) is 0 Å². The lowest BCUT2D eigenvalue weighted by Gasteiger charge is -2.25. The molecule has 0 aliphatic heterocycles. The number of nitrogens with zero attached hydrogens (tertiary/aromatic N) is 1. The minimum absolute atomic E-state index is 0.0499. The van der Waals surface area contributed by atoms with E-state index < -0.39 is 5.97 Å². The topological polar surface area (TPSA) is 98.7 Å². The molecule has 46 heavy (non-hydrogen) atoms. The lowest BCUT2D eigenvalue weighted by atomic mass is 9.84. The van der Waals surface area contributed by atoms with Gasteiger partial charge in [0.15, 0.2) is 0 Å². The van der Waals surface area contributed by atoms with E-state index in [1.807, 2.05) is 36.4 Å². The minimum Gasteiger partial charge on any atom is -0.481 e. The fraction of sp³-hybridized carbons (Fsp3) is 0.308. The Kier molecular flexibility index (Phi) is 11.6. The van der Waals surface area contributed by atoms with Crippen molar-refractivity contribution in [1.29, 1.82) is 0 Å². The van der Waals surface area contributed by atoms with Gasteiger partial charge in [-0.3, -0.25) is 14.5 Å². The predicted octanol–water partition coefficient (Wildman–Crippen LogP) is 7.88. The smallest absolute Gasteiger partial charge is 0.322 e. The summed E-state index contributed by atoms with van der Waals surface area (Å²) < 4.78 is 0. The van der Waals surface area contributed by atoms with Crippen LogP contribution < -0.4 is 15.5 Å². The zero-order valence-corrected chi connectivity index (χ0v) is 26.2. The highest BCUT2D eigenvalue weighted by molar-refractivity contribution is 5.96. The molecule has 1 fully saturated rings. The van der Waals surface area contributed by atoms with Gasteiger partial charge in [-0.2, -0.15) is 0 Å². The Morgan fingerprint density at radius 3 is 1.91 bits per heavy atom. The zero-order chi connectivity index (χ0) is 32.1. The molecule has 0 atom stereocenters. The molecule has 5 rings (SSSR count). The number of hydrogen-bond donors (Lipinski definition) is 3. The van der Waals surface area contributed by atoms with Gasteiger partial charge in [-0.25, -0.2) is 4.79 Å². The van der Waals surface area contributed by atoms with Gasteiger partial charge in [-0.05, 0) is 71.7 Å². The van der Waals surface area contributed by atoms with E-state index in [0.29, 0.717) is 30.3 Å². The molecule has 7 nitrogen and oxygen atoms in total. The normalized spacial score (nSPS) is 13.2. The van der Waals surface area contributed by atoms with E-state index in [-0.39, 0.29) is 30.8 Å². The molecule has 0 saturated heterocycles. The highest BCUT2D eigenvalue weighted by Gasteiger charge is 2.20. The Labute approximate surface area is 271 Å². The molecule has 0 heterocycles. The first-order valence-corrected chi connectivity index (χ1v) is 16.3. The fourth-order valence-corrected chi connectivity index (χ4v) is 6.29. The maximum Gasteiger partial charge on any atom is 0.322 e. The summed E-state index contributed by atoms with van der Waals surface area (Å²) in [6.45, 7) is 0.907. The first-order chi connectivity index (χ1) is 22.5. The van der Waals surface area contributed by atoms with Crippen LogP contribution in [0.4, 0.5) is 10.5 Å². The maximum atomic E-state index is 13.8. The lowest BCUT2D eigenvalue weighted by molar-refractivity contribution is -0.136. The number of benzene rings is 4. The average molecular weight is 618 g/mol. The number of anilines is 1. The number of carboxylic acid groups (broad SMARTS) is 1. The molecule has 0 radical (unpaired) electrons. The number of nitrogens with one attached hydrogen (secondary N) is 2. The van der Waals surface area contributed by atoms with E-state index in [1.54, 1.807) is 29.2 Å². The summed E-state index contributed by atoms with van der Waals surface area (Å²) in [6, 6.07) is 36.0. The van der Waals surface area contributed by atoms with Gasteiger partial charge in [0, 0.05) is 30.3 Å². The molecule has 1 aliphatic rings. The number of rotatable bonds is 13. The molecule has 238 valence electrons. The second kappa shape index (κ2) is 16.4. The molecule has 3 amide bonds. The third kappa shape index (κ3) is 9.07. The molecule has 0 spiro atoms. The summed E-state index contributed by atoms with van der Waals surface area (Å²) in [5, 5.41) is 14.7. The number of aliphatic carboxylic acids is 1. The second-order valence-corrected chi connectivity index (χ2v) is 12.0. The van der Waals surface area contributed by atoms with Crippen molar-refractivity contribution in [3.8, 4) is 0 Å². The monoisotopic (exact) mass is 617 g/mol. The lowest BCUT2D eigenvalue weighted by Crippen LogP contribution is -2.40. The Balaban J connectivity index is 1.30. The Morgan fingerprint density at radius 2 is 1.33 bits per heavy atom. The number of carboxylic acids is 1. The molecule has 0 aromatic heterocycles. The number of carbonyl (C=O) groups excluding carboxylic acids is 2. The third-order valence-electron chi connectivity index (χ3n) is 8.82. The molecule has 4 aromatic rings. The van der Waals surface area contributed by atoms with Crippen molar-refractivity contribution in [3.63, 3.8) is 0 Å². The van der Waals surface area contributed by atoms with E-state index in [2.05, 4.69) is 59.2 Å². The summed E-state index contributed by atoms with van der Waals surface area (Å²) in [5.74, 6) is -0.570. The van der Waals surface area contributed by atoms with Crippen molar-refractivity contribution in [1.82, 2.24) is 10.6 Å². The van der Waals surface area contributed by atoms with Crippen molar-refractivity contribution in [3.05, 3.63) is 137 Å². The van der Waals surface area contributed by atoms with Gasteiger partial charge >= 0.3 is 12.0 Å². The molecular formula is C39H43N3O4. The van der Waals surface area contributed by atoms with Crippen LogP contribution in [0, 0.1) is 0 Å². The molecule has 3 N–H and O–H groups in total. The zero-order valence-electron chi connectivity index (χ0n) is 26.2. The van der Waals surface area contributed by atoms with Gasteiger partial charge in [0.05, 0.1) is 13.0 Å². The average Bonchev–Trinajstić information content (AvgIpc) is 3.10. The van der Waals surface area contributed by atoms with E-state index in [0.717, 1.165) is 12.0 Å². The van der Waals surface area contributed by atoms with E-state index >= 15 is 0 Å². The number of amides is 3. The Morgan fingerprint density at radius 1 is 0.717 bits per heavy atom. The van der Waals surface area contributed by atoms with Crippen molar-refractivity contribution >= 4 is 23.6 Å². The highest BCUT2D eigenvalue weighted by Crippen LogP contribution is 2.33. The largest absolute Gasteiger partial charge is 0.481 e. The van der Waals surface area contributed by atoms with Crippen LogP contribution in [-0.4, -0.2) is 36.1 Å². The summed E-state index contributed by atoms with van der Waals surface area (Å²) in [6.07, 6.45) is 6.94. The van der Waals surface area contributed by atoms with Crippen molar-refractivity contribution < 1.29 is 19.5 Å². The number of urea groups is 1. The number of carbonyl (C=O) groups is 3. The van der Waals surface area contributed by atoms with Crippen molar-refractivity contribution in [2.24, 2.45) is 0 Å². The molecule has 0 unspecified atom stereocenters. The van der Waals surface area contributed by atoms with Crippen LogP contribution in [0.2, 0.25) is 0 Å². The second-order valence-electron chi connectivity index (χ2n) is 12.0. The molecule has 0 bridgehead atoms. The summed E-state index contributed by atoms with van der Waals surface area (Å²) in [5.41, 5.74) is 5.87. The highest BCUT2D eigenvalue weighted by atomic mass is 16.4. The summed E-state index contributed by atoms with van der Waals surface area (Å²) >= 11 is 0. The number of hydrogen-bond acceptors (Lipinski definition) is 3. The first-order valence-electron chi connectivity index (χ1n) is 16.3. The van der Waals surface area contributed by atoms with Gasteiger partial charge in [-0.1, -0.05) is 104 Å². The van der Waals surface area contributed by atoms with Crippen LogP contribution in [-0.2, 0) is 11.3 Å². The molecule has 1 aliphatic carbocycles. The van der Waals surface area contributed by atoms with Gasteiger partial charge in [0.25, 0.3) is 5.91 Å². The standard InChI is InChI=1S/C39H43N3O4/c43-37(44)25-27-40-38(45)34-20-22-35(23-21-34)42(28-29-16-18-31(19-17-29)30-10-4-1-5-11-30)39(46)41-26-24-36(32-12-6-2-7-13-32)33-14-8-3-9-15-33/h2-3,6-9,12-23,30,36H,1,4-5,10-11,24-28H2,(H,40,45)(H,41,46)(H,43,44). The predicted molar refractivity (Wildman–Crippen MR) is 182 cm³/mol.